The van der Waals surface area contributed by atoms with Gasteiger partial charge in [-0.2, -0.15) is 0 Å². The molecule has 4 rings (SSSR count). The lowest BCUT2D eigenvalue weighted by atomic mass is 9.69. The molecule has 20 heavy (non-hydrogen) atoms. The standard InChI is InChI=1S/C17H20N2O/c1-10(20)18-15-7-6-11-8-12(15)9-14-13-4-2-3-5-16(13)19-17(11)14/h2-5,11-12,15,19H,6-9H2,1H3,(H,18,20). The van der Waals surface area contributed by atoms with Crippen molar-refractivity contribution < 1.29 is 4.79 Å². The van der Waals surface area contributed by atoms with Gasteiger partial charge in [0.05, 0.1) is 0 Å². The Hall–Kier alpha value is -1.77. The molecule has 0 aliphatic heterocycles. The summed E-state index contributed by atoms with van der Waals surface area (Å²) < 4.78 is 0. The van der Waals surface area contributed by atoms with E-state index in [1.807, 2.05) is 0 Å². The van der Waals surface area contributed by atoms with Crippen molar-refractivity contribution in [2.45, 2.75) is 44.6 Å². The number of para-hydroxylation sites is 1. The number of H-pyrrole nitrogens is 1. The van der Waals surface area contributed by atoms with Gasteiger partial charge in [-0.1, -0.05) is 18.2 Å². The van der Waals surface area contributed by atoms with Crippen LogP contribution < -0.4 is 5.32 Å². The summed E-state index contributed by atoms with van der Waals surface area (Å²) in [6, 6.07) is 8.97. The minimum atomic E-state index is 0.109. The monoisotopic (exact) mass is 268 g/mol. The first-order valence-corrected chi connectivity index (χ1v) is 7.59. The third-order valence-electron chi connectivity index (χ3n) is 5.09. The molecule has 2 N–H and O–H groups in total. The summed E-state index contributed by atoms with van der Waals surface area (Å²) in [5, 5.41) is 4.53. The molecule has 1 aromatic carbocycles. The molecule has 3 atom stereocenters. The highest BCUT2D eigenvalue weighted by atomic mass is 16.1. The van der Waals surface area contributed by atoms with Gasteiger partial charge in [-0.15, -0.1) is 0 Å². The van der Waals surface area contributed by atoms with E-state index in [1.54, 1.807) is 6.92 Å². The maximum Gasteiger partial charge on any atom is 0.217 e. The van der Waals surface area contributed by atoms with Gasteiger partial charge in [0.25, 0.3) is 0 Å². The summed E-state index contributed by atoms with van der Waals surface area (Å²) in [5.41, 5.74) is 4.22. The van der Waals surface area contributed by atoms with Crippen molar-refractivity contribution >= 4 is 16.8 Å². The van der Waals surface area contributed by atoms with Crippen molar-refractivity contribution in [3.05, 3.63) is 35.5 Å². The predicted octanol–water partition coefficient (Wildman–Crippen LogP) is 3.11. The smallest absolute Gasteiger partial charge is 0.217 e. The molecule has 0 radical (unpaired) electrons. The number of aromatic amines is 1. The molecule has 2 aliphatic rings. The maximum absolute atomic E-state index is 11.4. The highest BCUT2D eigenvalue weighted by Gasteiger charge is 2.38. The summed E-state index contributed by atoms with van der Waals surface area (Å²) in [6.07, 6.45) is 4.61. The molecular formula is C17H20N2O. The zero-order chi connectivity index (χ0) is 13.7. The van der Waals surface area contributed by atoms with Gasteiger partial charge in [0.2, 0.25) is 5.91 Å². The summed E-state index contributed by atoms with van der Waals surface area (Å²) in [7, 11) is 0. The average molecular weight is 268 g/mol. The third kappa shape index (κ3) is 1.76. The van der Waals surface area contributed by atoms with E-state index in [9.17, 15) is 4.79 Å². The Bertz CT molecular complexity index is 673. The minimum absolute atomic E-state index is 0.109. The first-order valence-electron chi connectivity index (χ1n) is 7.59. The topological polar surface area (TPSA) is 44.9 Å². The van der Waals surface area contributed by atoms with Gasteiger partial charge < -0.3 is 10.3 Å². The van der Waals surface area contributed by atoms with Crippen LogP contribution in [0.2, 0.25) is 0 Å². The van der Waals surface area contributed by atoms with E-state index >= 15 is 0 Å². The van der Waals surface area contributed by atoms with Crippen molar-refractivity contribution in [1.29, 1.82) is 0 Å². The SMILES string of the molecule is CC(=O)NC1CCC2CC1Cc1c2[nH]c2ccccc12. The number of amides is 1. The van der Waals surface area contributed by atoms with E-state index < -0.39 is 0 Å². The Balaban J connectivity index is 1.74. The molecule has 1 fully saturated rings. The first kappa shape index (κ1) is 12.0. The molecule has 0 spiro atoms. The molecule has 1 aromatic heterocycles. The molecule has 0 saturated heterocycles. The van der Waals surface area contributed by atoms with Gasteiger partial charge in [0, 0.05) is 29.6 Å². The Kier molecular flexibility index (Phi) is 2.62. The number of fused-ring (bicyclic) bond motifs is 6. The van der Waals surface area contributed by atoms with Gasteiger partial charge in [-0.05, 0) is 49.1 Å². The number of hydrogen-bond acceptors (Lipinski definition) is 1. The van der Waals surface area contributed by atoms with Crippen molar-refractivity contribution in [2.24, 2.45) is 5.92 Å². The van der Waals surface area contributed by atoms with Crippen LogP contribution in [0.25, 0.3) is 10.9 Å². The zero-order valence-electron chi connectivity index (χ0n) is 11.8. The van der Waals surface area contributed by atoms with Gasteiger partial charge in [0.15, 0.2) is 0 Å². The number of aromatic nitrogens is 1. The molecule has 2 bridgehead atoms. The number of benzene rings is 1. The van der Waals surface area contributed by atoms with E-state index in [0.29, 0.717) is 17.9 Å². The van der Waals surface area contributed by atoms with E-state index in [-0.39, 0.29) is 5.91 Å². The summed E-state index contributed by atoms with van der Waals surface area (Å²) in [4.78, 5) is 15.0. The second-order valence-corrected chi connectivity index (χ2v) is 6.34. The van der Waals surface area contributed by atoms with Crippen LogP contribution in [0.15, 0.2) is 24.3 Å². The van der Waals surface area contributed by atoms with Crippen molar-refractivity contribution in [3.8, 4) is 0 Å². The molecule has 3 heteroatoms. The highest BCUT2D eigenvalue weighted by Crippen LogP contribution is 2.45. The van der Waals surface area contributed by atoms with Crippen LogP contribution in [-0.4, -0.2) is 16.9 Å². The lowest BCUT2D eigenvalue weighted by molar-refractivity contribution is -0.120. The van der Waals surface area contributed by atoms with Crippen LogP contribution >= 0.6 is 0 Å². The molecule has 1 heterocycles. The summed E-state index contributed by atoms with van der Waals surface area (Å²) >= 11 is 0. The molecule has 3 unspecified atom stereocenters. The van der Waals surface area contributed by atoms with Crippen LogP contribution in [0.1, 0.15) is 43.4 Å². The van der Waals surface area contributed by atoms with E-state index in [4.69, 9.17) is 0 Å². The first-order chi connectivity index (χ1) is 9.72. The van der Waals surface area contributed by atoms with Crippen LogP contribution in [0.5, 0.6) is 0 Å². The Morgan fingerprint density at radius 2 is 2.15 bits per heavy atom. The second kappa shape index (κ2) is 4.37. The van der Waals surface area contributed by atoms with Gasteiger partial charge in [-0.25, -0.2) is 0 Å². The zero-order valence-corrected chi connectivity index (χ0v) is 11.8. The Morgan fingerprint density at radius 3 is 3.00 bits per heavy atom. The molecule has 1 amide bonds. The Labute approximate surface area is 118 Å². The van der Waals surface area contributed by atoms with E-state index in [2.05, 4.69) is 34.6 Å². The minimum Gasteiger partial charge on any atom is -0.358 e. The van der Waals surface area contributed by atoms with Gasteiger partial charge in [0.1, 0.15) is 0 Å². The van der Waals surface area contributed by atoms with Crippen molar-refractivity contribution in [2.75, 3.05) is 0 Å². The number of rotatable bonds is 1. The Morgan fingerprint density at radius 1 is 1.30 bits per heavy atom. The molecular weight excluding hydrogens is 248 g/mol. The predicted molar refractivity (Wildman–Crippen MR) is 79.7 cm³/mol. The molecule has 2 aromatic rings. The normalized spacial score (nSPS) is 28.1. The number of carbonyl (C=O) groups is 1. The summed E-state index contributed by atoms with van der Waals surface area (Å²) in [5.74, 6) is 1.36. The maximum atomic E-state index is 11.4. The van der Waals surface area contributed by atoms with Crippen molar-refractivity contribution in [1.82, 2.24) is 10.3 Å². The van der Waals surface area contributed by atoms with Crippen molar-refractivity contribution in [3.63, 3.8) is 0 Å². The molecule has 1 saturated carbocycles. The average Bonchev–Trinajstić information content (AvgIpc) is 2.81. The summed E-state index contributed by atoms with van der Waals surface area (Å²) in [6.45, 7) is 1.63. The largest absolute Gasteiger partial charge is 0.358 e. The van der Waals surface area contributed by atoms with Gasteiger partial charge >= 0.3 is 0 Å². The fourth-order valence-electron chi connectivity index (χ4n) is 4.25. The van der Waals surface area contributed by atoms with E-state index in [1.165, 1.54) is 35.0 Å². The number of nitrogens with one attached hydrogen (secondary N) is 2. The van der Waals surface area contributed by atoms with Crippen LogP contribution in [0, 0.1) is 5.92 Å². The number of carbonyl (C=O) groups excluding carboxylic acids is 1. The van der Waals surface area contributed by atoms with Gasteiger partial charge in [-0.3, -0.25) is 4.79 Å². The molecule has 104 valence electrons. The van der Waals surface area contributed by atoms with E-state index in [0.717, 1.165) is 12.8 Å². The molecule has 3 nitrogen and oxygen atoms in total. The van der Waals surface area contributed by atoms with Crippen LogP contribution in [0.4, 0.5) is 0 Å². The lowest BCUT2D eigenvalue weighted by Crippen LogP contribution is -2.45. The highest BCUT2D eigenvalue weighted by molar-refractivity contribution is 5.85. The molecule has 2 aliphatic carbocycles. The lowest BCUT2D eigenvalue weighted by Gasteiger charge is -2.40. The third-order valence-corrected chi connectivity index (χ3v) is 5.09. The van der Waals surface area contributed by atoms with Crippen LogP contribution in [-0.2, 0) is 11.2 Å². The quantitative estimate of drug-likeness (QED) is 0.820. The second-order valence-electron chi connectivity index (χ2n) is 6.34. The fraction of sp³-hybridized carbons (Fsp3) is 0.471. The number of hydrogen-bond donors (Lipinski definition) is 2. The fourth-order valence-corrected chi connectivity index (χ4v) is 4.25. The van der Waals surface area contributed by atoms with Crippen LogP contribution in [0.3, 0.4) is 0 Å².